The van der Waals surface area contributed by atoms with Crippen LogP contribution >= 0.6 is 0 Å². The lowest BCUT2D eigenvalue weighted by Crippen LogP contribution is -2.28. The van der Waals surface area contributed by atoms with E-state index in [1.807, 2.05) is 0 Å². The molecule has 1 heterocycles. The minimum atomic E-state index is -4.64. The van der Waals surface area contributed by atoms with Gasteiger partial charge in [0.2, 0.25) is 11.8 Å². The number of ether oxygens (including phenoxy) is 1. The van der Waals surface area contributed by atoms with Crippen molar-refractivity contribution in [1.82, 2.24) is 4.57 Å². The summed E-state index contributed by atoms with van der Waals surface area (Å²) in [6.07, 6.45) is -4.06. The summed E-state index contributed by atoms with van der Waals surface area (Å²) in [6, 6.07) is 5.86. The van der Waals surface area contributed by atoms with Gasteiger partial charge in [0.05, 0.1) is 18.4 Å². The molecule has 2 aromatic rings. The van der Waals surface area contributed by atoms with E-state index in [0.717, 1.165) is 6.07 Å². The molecule has 0 fully saturated rings. The van der Waals surface area contributed by atoms with Crippen LogP contribution in [0.3, 0.4) is 0 Å². The maximum Gasteiger partial charge on any atom is 0.417 e. The van der Waals surface area contributed by atoms with Crippen LogP contribution in [-0.2, 0) is 22.3 Å². The van der Waals surface area contributed by atoms with Crippen LogP contribution in [-0.4, -0.2) is 23.5 Å². The fourth-order valence-corrected chi connectivity index (χ4v) is 2.25. The van der Waals surface area contributed by atoms with Crippen LogP contribution in [0.4, 0.5) is 24.5 Å². The third-order valence-electron chi connectivity index (χ3n) is 3.42. The van der Waals surface area contributed by atoms with Crippen molar-refractivity contribution in [2.45, 2.75) is 19.6 Å². The maximum atomic E-state index is 12.8. The van der Waals surface area contributed by atoms with Crippen molar-refractivity contribution in [1.29, 1.82) is 0 Å². The van der Waals surface area contributed by atoms with Crippen molar-refractivity contribution < 1.29 is 27.5 Å². The van der Waals surface area contributed by atoms with Crippen LogP contribution in [0.15, 0.2) is 41.3 Å². The summed E-state index contributed by atoms with van der Waals surface area (Å²) in [5.74, 6) is -0.795. The average Bonchev–Trinajstić information content (AvgIpc) is 2.55. The van der Waals surface area contributed by atoms with Crippen LogP contribution in [0.5, 0.6) is 5.75 Å². The van der Waals surface area contributed by atoms with E-state index in [1.54, 1.807) is 6.07 Å². The summed E-state index contributed by atoms with van der Waals surface area (Å²) < 4.78 is 44.0. The monoisotopic (exact) mass is 383 g/mol. The summed E-state index contributed by atoms with van der Waals surface area (Å²) in [5.41, 5.74) is -1.22. The first kappa shape index (κ1) is 20.0. The van der Waals surface area contributed by atoms with Crippen molar-refractivity contribution in [3.05, 3.63) is 52.4 Å². The van der Waals surface area contributed by atoms with Crippen molar-refractivity contribution in [3.8, 4) is 5.75 Å². The SMILES string of the molecule is COc1ccc(NC(C)=O)cc1NC(=O)Cn1cc(C(F)(F)F)ccc1=O. The van der Waals surface area contributed by atoms with Gasteiger partial charge in [-0.3, -0.25) is 14.4 Å². The molecular weight excluding hydrogens is 367 g/mol. The molecule has 2 N–H and O–H groups in total. The van der Waals surface area contributed by atoms with Crippen molar-refractivity contribution in [2.75, 3.05) is 17.7 Å². The van der Waals surface area contributed by atoms with Crippen LogP contribution in [0.25, 0.3) is 0 Å². The molecule has 1 aromatic heterocycles. The number of carbonyl (C=O) groups excluding carboxylic acids is 2. The summed E-state index contributed by atoms with van der Waals surface area (Å²) in [7, 11) is 1.36. The fourth-order valence-electron chi connectivity index (χ4n) is 2.25. The first-order valence-corrected chi connectivity index (χ1v) is 7.63. The standard InChI is InChI=1S/C17H16F3N3O4/c1-10(24)21-12-4-5-14(27-2)13(7-12)22-15(25)9-23-8-11(17(18,19)20)3-6-16(23)26/h3-8H,9H2,1-2H3,(H,21,24)(H,22,25). The Morgan fingerprint density at radius 3 is 2.44 bits per heavy atom. The second-order valence-corrected chi connectivity index (χ2v) is 5.53. The Kier molecular flexibility index (Phi) is 5.88. The molecular formula is C17H16F3N3O4. The van der Waals surface area contributed by atoms with Crippen molar-refractivity contribution >= 4 is 23.2 Å². The maximum absolute atomic E-state index is 12.8. The van der Waals surface area contributed by atoms with Crippen LogP contribution in [0.1, 0.15) is 12.5 Å². The van der Waals surface area contributed by atoms with E-state index < -0.39 is 29.8 Å². The number of aromatic nitrogens is 1. The smallest absolute Gasteiger partial charge is 0.417 e. The molecule has 0 radical (unpaired) electrons. The molecule has 0 atom stereocenters. The van der Waals surface area contributed by atoms with E-state index in [4.69, 9.17) is 4.74 Å². The average molecular weight is 383 g/mol. The normalized spacial score (nSPS) is 11.0. The van der Waals surface area contributed by atoms with Crippen LogP contribution in [0.2, 0.25) is 0 Å². The Labute approximate surface area is 151 Å². The summed E-state index contributed by atoms with van der Waals surface area (Å²) >= 11 is 0. The Morgan fingerprint density at radius 1 is 1.15 bits per heavy atom. The second-order valence-electron chi connectivity index (χ2n) is 5.53. The highest BCUT2D eigenvalue weighted by atomic mass is 19.4. The van der Waals surface area contributed by atoms with Gasteiger partial charge in [0.1, 0.15) is 12.3 Å². The molecule has 144 valence electrons. The minimum Gasteiger partial charge on any atom is -0.495 e. The largest absolute Gasteiger partial charge is 0.495 e. The molecule has 27 heavy (non-hydrogen) atoms. The molecule has 2 amide bonds. The molecule has 0 bridgehead atoms. The number of alkyl halides is 3. The Morgan fingerprint density at radius 2 is 1.85 bits per heavy atom. The topological polar surface area (TPSA) is 89.4 Å². The minimum absolute atomic E-state index is 0.189. The third-order valence-corrected chi connectivity index (χ3v) is 3.42. The first-order valence-electron chi connectivity index (χ1n) is 7.63. The number of halogens is 3. The summed E-state index contributed by atoms with van der Waals surface area (Å²) in [6.45, 7) is 0.679. The number of benzene rings is 1. The van der Waals surface area contributed by atoms with E-state index in [-0.39, 0.29) is 17.3 Å². The number of nitrogens with zero attached hydrogens (tertiary/aromatic N) is 1. The first-order chi connectivity index (χ1) is 12.6. The van der Waals surface area contributed by atoms with Gasteiger partial charge >= 0.3 is 6.18 Å². The zero-order valence-electron chi connectivity index (χ0n) is 14.4. The van der Waals surface area contributed by atoms with E-state index in [0.29, 0.717) is 22.5 Å². The van der Waals surface area contributed by atoms with E-state index in [2.05, 4.69) is 10.6 Å². The van der Waals surface area contributed by atoms with Gasteiger partial charge in [-0.1, -0.05) is 0 Å². The lowest BCUT2D eigenvalue weighted by atomic mass is 10.2. The molecule has 0 saturated heterocycles. The number of nitrogens with one attached hydrogen (secondary N) is 2. The second kappa shape index (κ2) is 7.94. The van der Waals surface area contributed by atoms with Crippen molar-refractivity contribution in [2.24, 2.45) is 0 Å². The zero-order valence-corrected chi connectivity index (χ0v) is 14.4. The molecule has 0 aliphatic rings. The molecule has 0 aliphatic heterocycles. The molecule has 2 rings (SSSR count). The highest BCUT2D eigenvalue weighted by molar-refractivity contribution is 5.94. The van der Waals surface area contributed by atoms with Gasteiger partial charge < -0.3 is 19.9 Å². The number of anilines is 2. The Bertz CT molecular complexity index is 922. The van der Waals surface area contributed by atoms with Gasteiger partial charge in [0.25, 0.3) is 5.56 Å². The molecule has 0 saturated carbocycles. The summed E-state index contributed by atoms with van der Waals surface area (Å²) in [4.78, 5) is 35.1. The van der Waals surface area contributed by atoms with Crippen LogP contribution in [0, 0.1) is 0 Å². The number of rotatable bonds is 5. The predicted octanol–water partition coefficient (Wildman–Crippen LogP) is 2.47. The van der Waals surface area contributed by atoms with Gasteiger partial charge in [-0.25, -0.2) is 0 Å². The summed E-state index contributed by atoms with van der Waals surface area (Å²) in [5, 5.41) is 4.98. The van der Waals surface area contributed by atoms with Crippen LogP contribution < -0.4 is 20.9 Å². The zero-order chi connectivity index (χ0) is 20.2. The number of amides is 2. The number of pyridine rings is 1. The van der Waals surface area contributed by atoms with Gasteiger partial charge in [-0.05, 0) is 24.3 Å². The quantitative estimate of drug-likeness (QED) is 0.830. The van der Waals surface area contributed by atoms with E-state index in [9.17, 15) is 27.6 Å². The third kappa shape index (κ3) is 5.33. The molecule has 0 unspecified atom stereocenters. The molecule has 0 spiro atoms. The van der Waals surface area contributed by atoms with Gasteiger partial charge in [0, 0.05) is 24.9 Å². The van der Waals surface area contributed by atoms with E-state index in [1.165, 1.54) is 26.2 Å². The highest BCUT2D eigenvalue weighted by Crippen LogP contribution is 2.29. The Balaban J connectivity index is 2.23. The molecule has 0 aliphatic carbocycles. The molecule has 10 heteroatoms. The number of hydrogen-bond donors (Lipinski definition) is 2. The van der Waals surface area contributed by atoms with Gasteiger partial charge in [0.15, 0.2) is 0 Å². The molecule has 1 aromatic carbocycles. The highest BCUT2D eigenvalue weighted by Gasteiger charge is 2.31. The number of methoxy groups -OCH3 is 1. The Hall–Kier alpha value is -3.30. The number of carbonyl (C=O) groups is 2. The molecule has 7 nitrogen and oxygen atoms in total. The number of hydrogen-bond acceptors (Lipinski definition) is 4. The predicted molar refractivity (Wildman–Crippen MR) is 91.6 cm³/mol. The van der Waals surface area contributed by atoms with E-state index >= 15 is 0 Å². The lowest BCUT2D eigenvalue weighted by Gasteiger charge is -2.14. The van der Waals surface area contributed by atoms with Crippen molar-refractivity contribution in [3.63, 3.8) is 0 Å². The fraction of sp³-hybridized carbons (Fsp3) is 0.235. The van der Waals surface area contributed by atoms with Gasteiger partial charge in [-0.2, -0.15) is 13.2 Å². The van der Waals surface area contributed by atoms with Gasteiger partial charge in [-0.15, -0.1) is 0 Å². The lowest BCUT2D eigenvalue weighted by molar-refractivity contribution is -0.138.